The molecule has 124 valence electrons. The third kappa shape index (κ3) is 2.09. The Bertz CT molecular complexity index is 815. The molecule has 0 spiro atoms. The van der Waals surface area contributed by atoms with Crippen molar-refractivity contribution < 1.29 is 14.3 Å². The number of carbonyl (C=O) groups is 1. The third-order valence-electron chi connectivity index (χ3n) is 5.33. The van der Waals surface area contributed by atoms with Crippen LogP contribution in [-0.2, 0) is 6.42 Å². The quantitative estimate of drug-likeness (QED) is 0.923. The predicted molar refractivity (Wildman–Crippen MR) is 92.0 cm³/mol. The lowest BCUT2D eigenvalue weighted by Gasteiger charge is -2.42. The first kappa shape index (κ1) is 15.1. The molecule has 24 heavy (non-hydrogen) atoms. The maximum Gasteiger partial charge on any atom is 0.251 e. The van der Waals surface area contributed by atoms with Gasteiger partial charge in [-0.3, -0.25) is 4.79 Å². The molecular weight excluding hydrogens is 302 g/mol. The van der Waals surface area contributed by atoms with Crippen molar-refractivity contribution in [2.45, 2.75) is 25.3 Å². The molecular formula is C20H21NO3. The van der Waals surface area contributed by atoms with Crippen LogP contribution in [0.5, 0.6) is 11.5 Å². The first-order valence-corrected chi connectivity index (χ1v) is 8.28. The van der Waals surface area contributed by atoms with Gasteiger partial charge in [-0.05, 0) is 47.2 Å². The van der Waals surface area contributed by atoms with E-state index in [-0.39, 0.29) is 17.9 Å². The van der Waals surface area contributed by atoms with Crippen molar-refractivity contribution in [1.29, 1.82) is 0 Å². The molecule has 1 aliphatic carbocycles. The van der Waals surface area contributed by atoms with E-state index in [1.165, 1.54) is 11.1 Å². The van der Waals surface area contributed by atoms with E-state index in [0.29, 0.717) is 5.92 Å². The fourth-order valence-corrected chi connectivity index (χ4v) is 4.19. The van der Waals surface area contributed by atoms with Gasteiger partial charge in [-0.15, -0.1) is 0 Å². The van der Waals surface area contributed by atoms with E-state index in [2.05, 4.69) is 30.4 Å². The fraction of sp³-hybridized carbons (Fsp3) is 0.350. The van der Waals surface area contributed by atoms with Crippen molar-refractivity contribution in [2.75, 3.05) is 14.2 Å². The Morgan fingerprint density at radius 2 is 1.75 bits per heavy atom. The molecule has 1 aliphatic heterocycles. The van der Waals surface area contributed by atoms with E-state index in [4.69, 9.17) is 9.47 Å². The van der Waals surface area contributed by atoms with Gasteiger partial charge >= 0.3 is 0 Å². The lowest BCUT2D eigenvalue weighted by atomic mass is 9.68. The van der Waals surface area contributed by atoms with Crippen molar-refractivity contribution in [1.82, 2.24) is 5.32 Å². The van der Waals surface area contributed by atoms with Gasteiger partial charge < -0.3 is 14.8 Å². The van der Waals surface area contributed by atoms with Crippen LogP contribution >= 0.6 is 0 Å². The van der Waals surface area contributed by atoms with Crippen molar-refractivity contribution in [3.8, 4) is 11.5 Å². The number of methoxy groups -OCH3 is 2. The van der Waals surface area contributed by atoms with E-state index >= 15 is 0 Å². The number of ether oxygens (including phenoxy) is 2. The minimum absolute atomic E-state index is 0.0302. The first-order valence-electron chi connectivity index (χ1n) is 8.28. The SMILES string of the molecule is COc1cc2c(cc1OC)[C@H]1c3ccccc3C(=O)N[C@@H]1[C@H](C)C2. The lowest BCUT2D eigenvalue weighted by Crippen LogP contribution is -2.50. The monoisotopic (exact) mass is 323 g/mol. The topological polar surface area (TPSA) is 47.6 Å². The van der Waals surface area contributed by atoms with Crippen LogP contribution in [0.3, 0.4) is 0 Å². The van der Waals surface area contributed by atoms with Crippen molar-refractivity contribution in [3.63, 3.8) is 0 Å². The summed E-state index contributed by atoms with van der Waals surface area (Å²) in [5.74, 6) is 2.03. The Morgan fingerprint density at radius 3 is 2.50 bits per heavy atom. The second-order valence-corrected chi connectivity index (χ2v) is 6.65. The zero-order valence-corrected chi connectivity index (χ0v) is 14.1. The molecule has 0 bridgehead atoms. The van der Waals surface area contributed by atoms with Crippen molar-refractivity contribution in [2.24, 2.45) is 5.92 Å². The summed E-state index contributed by atoms with van der Waals surface area (Å²) in [6.45, 7) is 2.20. The summed E-state index contributed by atoms with van der Waals surface area (Å²) < 4.78 is 11.0. The number of nitrogens with one attached hydrogen (secondary N) is 1. The first-order chi connectivity index (χ1) is 11.6. The van der Waals surface area contributed by atoms with Gasteiger partial charge in [-0.1, -0.05) is 25.1 Å². The maximum absolute atomic E-state index is 12.5. The van der Waals surface area contributed by atoms with Crippen molar-refractivity contribution in [3.05, 3.63) is 58.7 Å². The summed E-state index contributed by atoms with van der Waals surface area (Å²) in [5, 5.41) is 3.22. The van der Waals surface area contributed by atoms with E-state index < -0.39 is 0 Å². The van der Waals surface area contributed by atoms with Crippen LogP contribution < -0.4 is 14.8 Å². The molecule has 0 fully saturated rings. The average molecular weight is 323 g/mol. The highest BCUT2D eigenvalue weighted by atomic mass is 16.5. The Kier molecular flexibility index (Phi) is 3.48. The number of hydrogen-bond donors (Lipinski definition) is 1. The number of rotatable bonds is 2. The molecule has 4 nitrogen and oxygen atoms in total. The predicted octanol–water partition coefficient (Wildman–Crippen LogP) is 3.14. The highest BCUT2D eigenvalue weighted by Crippen LogP contribution is 2.46. The fourth-order valence-electron chi connectivity index (χ4n) is 4.19. The molecule has 1 amide bonds. The zero-order valence-electron chi connectivity index (χ0n) is 14.1. The molecule has 1 heterocycles. The number of amides is 1. The molecule has 0 aromatic heterocycles. The van der Waals surface area contributed by atoms with Crippen LogP contribution in [0, 0.1) is 5.92 Å². The van der Waals surface area contributed by atoms with Crippen LogP contribution in [0.25, 0.3) is 0 Å². The van der Waals surface area contributed by atoms with Crippen LogP contribution in [-0.4, -0.2) is 26.2 Å². The van der Waals surface area contributed by atoms with Crippen LogP contribution in [0.2, 0.25) is 0 Å². The zero-order chi connectivity index (χ0) is 16.8. The normalized spacial score (nSPS) is 24.3. The number of carbonyl (C=O) groups excluding carboxylic acids is 1. The van der Waals surface area contributed by atoms with Gasteiger partial charge in [0.1, 0.15) is 0 Å². The standard InChI is InChI=1S/C20H21NO3/c1-11-8-12-9-16(23-2)17(24-3)10-15(12)18-13-6-4-5-7-14(13)20(22)21-19(11)18/h4-7,9-11,18-19H,8H2,1-3H3,(H,21,22)/t11-,18-,19-/m1/s1. The largest absolute Gasteiger partial charge is 0.493 e. The van der Waals surface area contributed by atoms with E-state index in [1.807, 2.05) is 18.2 Å². The molecule has 0 radical (unpaired) electrons. The van der Waals surface area contributed by atoms with Gasteiger partial charge in [-0.25, -0.2) is 0 Å². The average Bonchev–Trinajstić information content (AvgIpc) is 2.61. The molecule has 4 heteroatoms. The van der Waals surface area contributed by atoms with Crippen LogP contribution in [0.4, 0.5) is 0 Å². The molecule has 1 N–H and O–H groups in total. The molecule has 0 unspecified atom stereocenters. The lowest BCUT2D eigenvalue weighted by molar-refractivity contribution is 0.0897. The van der Waals surface area contributed by atoms with E-state index in [0.717, 1.165) is 29.0 Å². The summed E-state index contributed by atoms with van der Waals surface area (Å²) in [6, 6.07) is 12.2. The molecule has 2 aromatic carbocycles. The van der Waals surface area contributed by atoms with Crippen molar-refractivity contribution >= 4 is 5.91 Å². The summed E-state index contributed by atoms with van der Waals surface area (Å²) in [5.41, 5.74) is 4.37. The molecule has 0 saturated carbocycles. The molecule has 2 aliphatic rings. The Hall–Kier alpha value is -2.49. The smallest absolute Gasteiger partial charge is 0.251 e. The number of hydrogen-bond acceptors (Lipinski definition) is 3. The van der Waals surface area contributed by atoms with Gasteiger partial charge in [0.25, 0.3) is 5.91 Å². The summed E-state index contributed by atoms with van der Waals surface area (Å²) >= 11 is 0. The van der Waals surface area contributed by atoms with Gasteiger partial charge in [0.2, 0.25) is 0 Å². The summed E-state index contributed by atoms with van der Waals surface area (Å²) in [6.07, 6.45) is 0.916. The van der Waals surface area contributed by atoms with Gasteiger partial charge in [0, 0.05) is 17.5 Å². The Balaban J connectivity index is 1.94. The van der Waals surface area contributed by atoms with E-state index in [9.17, 15) is 4.79 Å². The second-order valence-electron chi connectivity index (χ2n) is 6.65. The molecule has 0 saturated heterocycles. The van der Waals surface area contributed by atoms with Crippen LogP contribution in [0.15, 0.2) is 36.4 Å². The molecule has 3 atom stereocenters. The molecule has 4 rings (SSSR count). The van der Waals surface area contributed by atoms with Gasteiger partial charge in [-0.2, -0.15) is 0 Å². The Labute approximate surface area is 141 Å². The Morgan fingerprint density at radius 1 is 1.04 bits per heavy atom. The second kappa shape index (κ2) is 5.55. The minimum atomic E-state index is 0.0302. The van der Waals surface area contributed by atoms with E-state index in [1.54, 1.807) is 14.2 Å². The number of fused-ring (bicyclic) bond motifs is 5. The number of benzene rings is 2. The van der Waals surface area contributed by atoms with Gasteiger partial charge in [0.15, 0.2) is 11.5 Å². The molecule has 2 aromatic rings. The third-order valence-corrected chi connectivity index (χ3v) is 5.33. The highest BCUT2D eigenvalue weighted by molar-refractivity contribution is 5.98. The maximum atomic E-state index is 12.5. The van der Waals surface area contributed by atoms with Gasteiger partial charge in [0.05, 0.1) is 14.2 Å². The summed E-state index contributed by atoms with van der Waals surface area (Å²) in [7, 11) is 3.32. The van der Waals surface area contributed by atoms with Crippen LogP contribution in [0.1, 0.15) is 39.9 Å². The summed E-state index contributed by atoms with van der Waals surface area (Å²) in [4.78, 5) is 12.5. The highest BCUT2D eigenvalue weighted by Gasteiger charge is 2.41. The minimum Gasteiger partial charge on any atom is -0.493 e.